The molecule has 0 bridgehead atoms. The lowest BCUT2D eigenvalue weighted by atomic mass is 9.85. The number of ether oxygens (including phenoxy) is 2. The van der Waals surface area contributed by atoms with Gasteiger partial charge < -0.3 is 9.47 Å². The predicted octanol–water partition coefficient (Wildman–Crippen LogP) is 8.02. The topological polar surface area (TPSA) is 59.3 Å². The molecule has 0 heterocycles. The number of hydrogen-bond acceptors (Lipinski definition) is 4. The second kappa shape index (κ2) is 14.5. The second-order valence-corrected chi connectivity index (χ2v) is 7.29. The van der Waals surface area contributed by atoms with Crippen LogP contribution in [0.15, 0.2) is 78.9 Å². The summed E-state index contributed by atoms with van der Waals surface area (Å²) in [6.45, 7) is 11.8. The Labute approximate surface area is 198 Å². The number of para-hydroxylation sites is 3. The summed E-state index contributed by atoms with van der Waals surface area (Å²) in [6, 6.07) is 26.3. The standard InChI is InChI=1S/C25H23NO3.2C2H6/c1-19-12-14-20(15-13-19)22(27)16-25(2,17-26)18-28-23-10-6-7-11-24(23)29-21-8-4-3-5-9-21;2*1-2/h3-15H,16,18H2,1-2H3;2*1-2H3. The molecule has 174 valence electrons. The zero-order valence-corrected chi connectivity index (χ0v) is 20.6. The summed E-state index contributed by atoms with van der Waals surface area (Å²) in [5.74, 6) is 1.71. The van der Waals surface area contributed by atoms with Gasteiger partial charge in [0.2, 0.25) is 0 Å². The summed E-state index contributed by atoms with van der Waals surface area (Å²) < 4.78 is 11.8. The first-order valence-corrected chi connectivity index (χ1v) is 11.4. The van der Waals surface area contributed by atoms with Crippen molar-refractivity contribution in [1.82, 2.24) is 0 Å². The molecule has 0 saturated heterocycles. The number of hydrogen-bond donors (Lipinski definition) is 0. The van der Waals surface area contributed by atoms with Crippen molar-refractivity contribution in [3.8, 4) is 23.3 Å². The van der Waals surface area contributed by atoms with E-state index in [1.54, 1.807) is 25.1 Å². The maximum atomic E-state index is 12.6. The van der Waals surface area contributed by atoms with Crippen LogP contribution in [0.1, 0.15) is 57.0 Å². The van der Waals surface area contributed by atoms with Crippen molar-refractivity contribution in [3.63, 3.8) is 0 Å². The number of nitrogens with zero attached hydrogens (tertiary/aromatic N) is 1. The van der Waals surface area contributed by atoms with Gasteiger partial charge in [-0.3, -0.25) is 4.79 Å². The smallest absolute Gasteiger partial charge is 0.169 e. The monoisotopic (exact) mass is 445 g/mol. The first kappa shape index (κ1) is 27.5. The minimum absolute atomic E-state index is 0.0773. The Bertz CT molecular complexity index is 1010. The molecule has 0 aliphatic carbocycles. The Kier molecular flexibility index (Phi) is 12.0. The average Bonchev–Trinajstić information content (AvgIpc) is 2.87. The third kappa shape index (κ3) is 8.82. The van der Waals surface area contributed by atoms with E-state index in [1.807, 2.05) is 95.3 Å². The van der Waals surface area contributed by atoms with Gasteiger partial charge in [-0.25, -0.2) is 0 Å². The third-order valence-electron chi connectivity index (χ3n) is 4.56. The van der Waals surface area contributed by atoms with E-state index in [0.29, 0.717) is 22.8 Å². The van der Waals surface area contributed by atoms with E-state index in [2.05, 4.69) is 6.07 Å². The highest BCUT2D eigenvalue weighted by molar-refractivity contribution is 5.96. The molecule has 4 nitrogen and oxygen atoms in total. The number of carbonyl (C=O) groups excluding carboxylic acids is 1. The maximum Gasteiger partial charge on any atom is 0.169 e. The van der Waals surface area contributed by atoms with E-state index < -0.39 is 5.41 Å². The largest absolute Gasteiger partial charge is 0.488 e. The van der Waals surface area contributed by atoms with Crippen LogP contribution in [0.2, 0.25) is 0 Å². The normalized spacial score (nSPS) is 11.3. The SMILES string of the molecule is CC.CC.Cc1ccc(C(=O)CC(C)(C#N)COc2ccccc2Oc2ccccc2)cc1. The van der Waals surface area contributed by atoms with E-state index in [0.717, 1.165) is 5.56 Å². The van der Waals surface area contributed by atoms with Crippen LogP contribution in [0.25, 0.3) is 0 Å². The highest BCUT2D eigenvalue weighted by Crippen LogP contribution is 2.33. The van der Waals surface area contributed by atoms with Gasteiger partial charge in [0.25, 0.3) is 0 Å². The minimum atomic E-state index is -0.957. The summed E-state index contributed by atoms with van der Waals surface area (Å²) in [7, 11) is 0. The molecule has 1 unspecified atom stereocenters. The fourth-order valence-electron chi connectivity index (χ4n) is 2.82. The Morgan fingerprint density at radius 2 is 1.39 bits per heavy atom. The molecule has 0 fully saturated rings. The van der Waals surface area contributed by atoms with E-state index in [-0.39, 0.29) is 18.8 Å². The number of aryl methyl sites for hydroxylation is 1. The number of nitriles is 1. The first-order valence-electron chi connectivity index (χ1n) is 11.4. The molecule has 0 radical (unpaired) electrons. The molecule has 1 atom stereocenters. The Hall–Kier alpha value is -3.58. The minimum Gasteiger partial charge on any atom is -0.488 e. The van der Waals surface area contributed by atoms with E-state index in [4.69, 9.17) is 9.47 Å². The first-order chi connectivity index (χ1) is 16.0. The zero-order valence-electron chi connectivity index (χ0n) is 20.6. The Morgan fingerprint density at radius 1 is 0.848 bits per heavy atom. The van der Waals surface area contributed by atoms with E-state index in [9.17, 15) is 10.1 Å². The lowest BCUT2D eigenvalue weighted by molar-refractivity contribution is 0.0913. The molecule has 3 aromatic rings. The maximum absolute atomic E-state index is 12.6. The summed E-state index contributed by atoms with van der Waals surface area (Å²) in [6.07, 6.45) is 0.0776. The molecule has 3 rings (SSSR count). The average molecular weight is 446 g/mol. The third-order valence-corrected chi connectivity index (χ3v) is 4.56. The van der Waals surface area contributed by atoms with Crippen molar-refractivity contribution < 1.29 is 14.3 Å². The van der Waals surface area contributed by atoms with E-state index >= 15 is 0 Å². The van der Waals surface area contributed by atoms with E-state index in [1.165, 1.54) is 0 Å². The van der Waals surface area contributed by atoms with Crippen molar-refractivity contribution in [3.05, 3.63) is 90.0 Å². The van der Waals surface area contributed by atoms with Gasteiger partial charge in [-0.05, 0) is 38.1 Å². The number of ketones is 1. The van der Waals surface area contributed by atoms with Crippen LogP contribution in [0, 0.1) is 23.7 Å². The van der Waals surface area contributed by atoms with Gasteiger partial charge >= 0.3 is 0 Å². The summed E-state index contributed by atoms with van der Waals surface area (Å²) in [4.78, 5) is 12.6. The van der Waals surface area contributed by atoms with Crippen LogP contribution in [0.3, 0.4) is 0 Å². The van der Waals surface area contributed by atoms with Crippen LogP contribution in [0.4, 0.5) is 0 Å². The van der Waals surface area contributed by atoms with Gasteiger partial charge in [-0.2, -0.15) is 5.26 Å². The second-order valence-electron chi connectivity index (χ2n) is 7.29. The fraction of sp³-hybridized carbons (Fsp3) is 0.310. The zero-order chi connectivity index (χ0) is 24.7. The molecule has 0 saturated carbocycles. The van der Waals surface area contributed by atoms with Crippen LogP contribution >= 0.6 is 0 Å². The molecule has 0 amide bonds. The van der Waals surface area contributed by atoms with Gasteiger partial charge in [0.15, 0.2) is 17.3 Å². The predicted molar refractivity (Wildman–Crippen MR) is 135 cm³/mol. The van der Waals surface area contributed by atoms with Gasteiger partial charge in [-0.15, -0.1) is 0 Å². The van der Waals surface area contributed by atoms with Gasteiger partial charge in [-0.1, -0.05) is 87.9 Å². The summed E-state index contributed by atoms with van der Waals surface area (Å²) in [5.41, 5.74) is 0.731. The molecule has 0 aliphatic rings. The Morgan fingerprint density at radius 3 is 1.97 bits per heavy atom. The lowest BCUT2D eigenvalue weighted by Crippen LogP contribution is -2.27. The molecule has 0 N–H and O–H groups in total. The van der Waals surface area contributed by atoms with Crippen molar-refractivity contribution >= 4 is 5.78 Å². The van der Waals surface area contributed by atoms with Crippen molar-refractivity contribution in [2.45, 2.75) is 48.0 Å². The molecule has 0 spiro atoms. The molecule has 3 aromatic carbocycles. The number of carbonyl (C=O) groups is 1. The molecule has 0 aromatic heterocycles. The van der Waals surface area contributed by atoms with Crippen molar-refractivity contribution in [2.24, 2.45) is 5.41 Å². The molecular formula is C29H35NO3. The highest BCUT2D eigenvalue weighted by Gasteiger charge is 2.29. The summed E-state index contributed by atoms with van der Waals surface area (Å²) in [5, 5.41) is 9.69. The molecule has 33 heavy (non-hydrogen) atoms. The van der Waals surface area contributed by atoms with Crippen LogP contribution in [-0.2, 0) is 0 Å². The van der Waals surface area contributed by atoms with Gasteiger partial charge in [0, 0.05) is 12.0 Å². The summed E-state index contributed by atoms with van der Waals surface area (Å²) >= 11 is 0. The van der Waals surface area contributed by atoms with Crippen molar-refractivity contribution in [1.29, 1.82) is 5.26 Å². The fourth-order valence-corrected chi connectivity index (χ4v) is 2.82. The number of rotatable bonds is 8. The van der Waals surface area contributed by atoms with Gasteiger partial charge in [0.1, 0.15) is 12.4 Å². The van der Waals surface area contributed by atoms with Crippen molar-refractivity contribution in [2.75, 3.05) is 6.61 Å². The van der Waals surface area contributed by atoms with Crippen LogP contribution < -0.4 is 9.47 Å². The lowest BCUT2D eigenvalue weighted by Gasteiger charge is -2.22. The van der Waals surface area contributed by atoms with Gasteiger partial charge in [0.05, 0.1) is 11.5 Å². The van der Waals surface area contributed by atoms with Crippen LogP contribution in [0.5, 0.6) is 17.2 Å². The molecular weight excluding hydrogens is 410 g/mol. The quantitative estimate of drug-likeness (QED) is 0.329. The molecule has 0 aliphatic heterocycles. The highest BCUT2D eigenvalue weighted by atomic mass is 16.5. The Balaban J connectivity index is 0.00000129. The number of Topliss-reactive ketones (excluding diaryl/α,β-unsaturated/α-hetero) is 1. The molecule has 4 heteroatoms. The van der Waals surface area contributed by atoms with Crippen LogP contribution in [-0.4, -0.2) is 12.4 Å². The number of benzene rings is 3.